The lowest BCUT2D eigenvalue weighted by atomic mass is 9.99. The highest BCUT2D eigenvalue weighted by Gasteiger charge is 2.36. The maximum absolute atomic E-state index is 12.4. The number of hydrogen-bond donors (Lipinski definition) is 0. The van der Waals surface area contributed by atoms with Crippen molar-refractivity contribution < 1.29 is 9.32 Å². The zero-order valence-corrected chi connectivity index (χ0v) is 14.6. The second kappa shape index (κ2) is 6.38. The van der Waals surface area contributed by atoms with E-state index in [0.717, 1.165) is 10.2 Å². The molecule has 0 N–H and O–H groups in total. The third-order valence-corrected chi connectivity index (χ3v) is 4.46. The van der Waals surface area contributed by atoms with Gasteiger partial charge in [-0.05, 0) is 18.2 Å². The van der Waals surface area contributed by atoms with E-state index in [1.54, 1.807) is 17.0 Å². The quantitative estimate of drug-likeness (QED) is 0.695. The van der Waals surface area contributed by atoms with E-state index in [4.69, 9.17) is 16.1 Å². The van der Waals surface area contributed by atoms with Crippen molar-refractivity contribution in [2.75, 3.05) is 13.1 Å². The van der Waals surface area contributed by atoms with Crippen molar-refractivity contribution in [2.24, 2.45) is 7.05 Å². The molecule has 26 heavy (non-hydrogen) atoms. The lowest BCUT2D eigenvalue weighted by Crippen LogP contribution is -2.49. The first-order chi connectivity index (χ1) is 12.5. The molecule has 1 aliphatic heterocycles. The molecule has 1 aromatic carbocycles. The maximum atomic E-state index is 12.4. The monoisotopic (exact) mass is 371 g/mol. The molecular formula is C17H14ClN5O3. The Balaban J connectivity index is 1.44. The van der Waals surface area contributed by atoms with Gasteiger partial charge in [-0.3, -0.25) is 9.59 Å². The van der Waals surface area contributed by atoms with Crippen molar-refractivity contribution in [3.05, 3.63) is 63.4 Å². The number of likely N-dealkylation sites (tertiary alicyclic amines) is 1. The molecule has 3 aromatic rings. The Morgan fingerprint density at radius 2 is 2.08 bits per heavy atom. The van der Waals surface area contributed by atoms with Crippen molar-refractivity contribution in [1.29, 1.82) is 0 Å². The number of aryl methyl sites for hydroxylation is 1. The van der Waals surface area contributed by atoms with E-state index in [9.17, 15) is 9.59 Å². The molecule has 4 rings (SSSR count). The standard InChI is InChI=1S/C17H14ClN5O3/c1-22-14(24)6-5-13(20-22)17(25)23-8-11(9-23)16-19-15(21-26-16)10-3-2-4-12(18)7-10/h2-7,11H,8-9H2,1H3. The molecule has 1 saturated heterocycles. The zero-order valence-electron chi connectivity index (χ0n) is 13.8. The number of hydrogen-bond acceptors (Lipinski definition) is 6. The summed E-state index contributed by atoms with van der Waals surface area (Å²) in [7, 11) is 1.51. The minimum absolute atomic E-state index is 0.0214. The van der Waals surface area contributed by atoms with Crippen LogP contribution in [0.15, 0.2) is 45.7 Å². The number of carbonyl (C=O) groups excluding carboxylic acids is 1. The van der Waals surface area contributed by atoms with E-state index in [0.29, 0.717) is 29.8 Å². The molecule has 0 unspecified atom stereocenters. The largest absolute Gasteiger partial charge is 0.339 e. The Hall–Kier alpha value is -3.00. The molecule has 1 aliphatic rings. The van der Waals surface area contributed by atoms with Crippen LogP contribution in [-0.4, -0.2) is 43.8 Å². The number of halogens is 1. The van der Waals surface area contributed by atoms with Gasteiger partial charge in [0, 0.05) is 36.8 Å². The smallest absolute Gasteiger partial charge is 0.274 e. The summed E-state index contributed by atoms with van der Waals surface area (Å²) in [5.41, 5.74) is 0.743. The van der Waals surface area contributed by atoms with Gasteiger partial charge < -0.3 is 9.42 Å². The van der Waals surface area contributed by atoms with Crippen LogP contribution in [0.4, 0.5) is 0 Å². The predicted octanol–water partition coefficient (Wildman–Crippen LogP) is 1.72. The molecular weight excluding hydrogens is 358 g/mol. The lowest BCUT2D eigenvalue weighted by molar-refractivity contribution is 0.0560. The summed E-state index contributed by atoms with van der Waals surface area (Å²) in [6, 6.07) is 9.96. The topological polar surface area (TPSA) is 94.1 Å². The van der Waals surface area contributed by atoms with Crippen LogP contribution >= 0.6 is 11.6 Å². The Morgan fingerprint density at radius 3 is 2.81 bits per heavy atom. The molecule has 0 radical (unpaired) electrons. The van der Waals surface area contributed by atoms with Crippen LogP contribution in [0.1, 0.15) is 22.3 Å². The number of carbonyl (C=O) groups is 1. The fourth-order valence-electron chi connectivity index (χ4n) is 2.72. The van der Waals surface area contributed by atoms with Gasteiger partial charge in [-0.2, -0.15) is 10.1 Å². The van der Waals surface area contributed by atoms with Crippen LogP contribution in [0.2, 0.25) is 5.02 Å². The van der Waals surface area contributed by atoms with Gasteiger partial charge in [0.15, 0.2) is 0 Å². The molecule has 1 amide bonds. The summed E-state index contributed by atoms with van der Waals surface area (Å²) in [4.78, 5) is 29.8. The molecule has 3 heterocycles. The molecule has 9 heteroatoms. The Labute approximate surface area is 153 Å². The molecule has 0 saturated carbocycles. The van der Waals surface area contributed by atoms with Gasteiger partial charge in [-0.15, -0.1) is 0 Å². The Morgan fingerprint density at radius 1 is 1.27 bits per heavy atom. The number of amides is 1. The number of rotatable bonds is 3. The van der Waals surface area contributed by atoms with Crippen LogP contribution in [0.5, 0.6) is 0 Å². The number of aromatic nitrogens is 4. The third kappa shape index (κ3) is 2.99. The van der Waals surface area contributed by atoms with Gasteiger partial charge in [-0.1, -0.05) is 28.9 Å². The minimum Gasteiger partial charge on any atom is -0.339 e. The Bertz CT molecular complexity index is 1040. The molecule has 8 nitrogen and oxygen atoms in total. The predicted molar refractivity (Wildman–Crippen MR) is 92.9 cm³/mol. The summed E-state index contributed by atoms with van der Waals surface area (Å²) in [6.45, 7) is 0.918. The second-order valence-electron chi connectivity index (χ2n) is 6.05. The van der Waals surface area contributed by atoms with Crippen LogP contribution < -0.4 is 5.56 Å². The van der Waals surface area contributed by atoms with Crippen molar-refractivity contribution in [1.82, 2.24) is 24.8 Å². The summed E-state index contributed by atoms with van der Waals surface area (Å²) in [5.74, 6) is 0.697. The Kier molecular flexibility index (Phi) is 4.04. The van der Waals surface area contributed by atoms with Crippen molar-refractivity contribution in [2.45, 2.75) is 5.92 Å². The minimum atomic E-state index is -0.262. The highest BCUT2D eigenvalue weighted by Crippen LogP contribution is 2.29. The van der Waals surface area contributed by atoms with Crippen LogP contribution in [0.3, 0.4) is 0 Å². The second-order valence-corrected chi connectivity index (χ2v) is 6.49. The zero-order chi connectivity index (χ0) is 18.3. The number of benzene rings is 1. The third-order valence-electron chi connectivity index (χ3n) is 4.22. The average Bonchev–Trinajstić information content (AvgIpc) is 3.05. The van der Waals surface area contributed by atoms with E-state index >= 15 is 0 Å². The van der Waals surface area contributed by atoms with E-state index in [2.05, 4.69) is 15.2 Å². The van der Waals surface area contributed by atoms with E-state index < -0.39 is 0 Å². The van der Waals surface area contributed by atoms with E-state index in [1.807, 2.05) is 12.1 Å². The summed E-state index contributed by atoms with van der Waals surface area (Å²) in [6.07, 6.45) is 0. The highest BCUT2D eigenvalue weighted by atomic mass is 35.5. The van der Waals surface area contributed by atoms with E-state index in [-0.39, 0.29) is 23.1 Å². The molecule has 2 aromatic heterocycles. The van der Waals surface area contributed by atoms with Gasteiger partial charge in [-0.25, -0.2) is 4.68 Å². The molecule has 0 aliphatic carbocycles. The maximum Gasteiger partial charge on any atom is 0.274 e. The van der Waals surface area contributed by atoms with Crippen LogP contribution in [0, 0.1) is 0 Å². The molecule has 0 bridgehead atoms. The summed E-state index contributed by atoms with van der Waals surface area (Å²) >= 11 is 5.98. The molecule has 1 fully saturated rings. The first kappa shape index (κ1) is 16.5. The van der Waals surface area contributed by atoms with Crippen molar-refractivity contribution in [3.8, 4) is 11.4 Å². The number of nitrogens with zero attached hydrogens (tertiary/aromatic N) is 5. The first-order valence-electron chi connectivity index (χ1n) is 7.94. The molecule has 132 valence electrons. The normalized spacial score (nSPS) is 14.3. The van der Waals surface area contributed by atoms with E-state index in [1.165, 1.54) is 19.2 Å². The van der Waals surface area contributed by atoms with Gasteiger partial charge >= 0.3 is 0 Å². The lowest BCUT2D eigenvalue weighted by Gasteiger charge is -2.36. The van der Waals surface area contributed by atoms with Gasteiger partial charge in [0.25, 0.3) is 11.5 Å². The molecule has 0 atom stereocenters. The highest BCUT2D eigenvalue weighted by molar-refractivity contribution is 6.30. The SMILES string of the molecule is Cn1nc(C(=O)N2CC(c3nc(-c4cccc(Cl)c4)no3)C2)ccc1=O. The van der Waals surface area contributed by atoms with Gasteiger partial charge in [0.05, 0.1) is 5.92 Å². The van der Waals surface area contributed by atoms with Gasteiger partial charge in [0.2, 0.25) is 11.7 Å². The first-order valence-corrected chi connectivity index (χ1v) is 8.32. The summed E-state index contributed by atoms with van der Waals surface area (Å²) in [5, 5.41) is 8.55. The van der Waals surface area contributed by atoms with Crippen LogP contribution in [0.25, 0.3) is 11.4 Å². The van der Waals surface area contributed by atoms with Crippen LogP contribution in [-0.2, 0) is 7.05 Å². The molecule has 0 spiro atoms. The van der Waals surface area contributed by atoms with Gasteiger partial charge in [0.1, 0.15) is 5.69 Å². The average molecular weight is 372 g/mol. The fraction of sp³-hybridized carbons (Fsp3) is 0.235. The van der Waals surface area contributed by atoms with Crippen molar-refractivity contribution >= 4 is 17.5 Å². The van der Waals surface area contributed by atoms with Crippen molar-refractivity contribution in [3.63, 3.8) is 0 Å². The summed E-state index contributed by atoms with van der Waals surface area (Å²) < 4.78 is 6.47. The fourth-order valence-corrected chi connectivity index (χ4v) is 2.92.